The maximum Gasteiger partial charge on any atom is 0.229 e. The lowest BCUT2D eigenvalue weighted by molar-refractivity contribution is -0.0291. The van der Waals surface area contributed by atoms with Gasteiger partial charge in [0.25, 0.3) is 0 Å². The number of rotatable bonds is 3. The first-order chi connectivity index (χ1) is 9.20. The number of aliphatic hydroxyl groups is 1. The van der Waals surface area contributed by atoms with Crippen LogP contribution in [0.2, 0.25) is 0 Å². The molecule has 114 valence electrons. The van der Waals surface area contributed by atoms with Gasteiger partial charge < -0.3 is 9.63 Å². The standard InChI is InChI=1S/C16H28N2O2/c1-11(2)12-7-6-8-16(19,9-12)10-13-17-14(18-20-13)15(3,4)5/h11-12,19H,6-10H2,1-5H3/t12-,16+/m0/s1. The lowest BCUT2D eigenvalue weighted by Crippen LogP contribution is -2.38. The number of hydrogen-bond donors (Lipinski definition) is 1. The van der Waals surface area contributed by atoms with Crippen LogP contribution in [0.25, 0.3) is 0 Å². The van der Waals surface area contributed by atoms with Gasteiger partial charge in [-0.2, -0.15) is 4.98 Å². The average Bonchev–Trinajstić information content (AvgIpc) is 2.76. The molecule has 1 heterocycles. The molecular weight excluding hydrogens is 252 g/mol. The Bertz CT molecular complexity index is 448. The first-order valence-corrected chi connectivity index (χ1v) is 7.75. The van der Waals surface area contributed by atoms with Crippen molar-refractivity contribution in [3.8, 4) is 0 Å². The maximum absolute atomic E-state index is 10.8. The summed E-state index contributed by atoms with van der Waals surface area (Å²) in [4.78, 5) is 4.45. The van der Waals surface area contributed by atoms with E-state index in [9.17, 15) is 5.11 Å². The Labute approximate surface area is 122 Å². The van der Waals surface area contributed by atoms with E-state index < -0.39 is 5.60 Å². The molecule has 0 radical (unpaired) electrons. The predicted octanol–water partition coefficient (Wildman–Crippen LogP) is 3.49. The zero-order valence-corrected chi connectivity index (χ0v) is 13.4. The number of hydrogen-bond acceptors (Lipinski definition) is 4. The lowest BCUT2D eigenvalue weighted by atomic mass is 9.72. The first kappa shape index (κ1) is 15.5. The SMILES string of the molecule is CC(C)[C@H]1CCC[C@](O)(Cc2nc(C(C)(C)C)no2)C1. The fourth-order valence-electron chi connectivity index (χ4n) is 3.03. The second kappa shape index (κ2) is 5.47. The van der Waals surface area contributed by atoms with Crippen molar-refractivity contribution in [1.29, 1.82) is 0 Å². The van der Waals surface area contributed by atoms with E-state index in [0.717, 1.165) is 19.3 Å². The monoisotopic (exact) mass is 280 g/mol. The van der Waals surface area contributed by atoms with Crippen LogP contribution in [0.5, 0.6) is 0 Å². The fourth-order valence-corrected chi connectivity index (χ4v) is 3.03. The fraction of sp³-hybridized carbons (Fsp3) is 0.875. The number of aromatic nitrogens is 2. The van der Waals surface area contributed by atoms with E-state index in [-0.39, 0.29) is 5.41 Å². The first-order valence-electron chi connectivity index (χ1n) is 7.75. The van der Waals surface area contributed by atoms with Crippen molar-refractivity contribution < 1.29 is 9.63 Å². The molecule has 0 saturated heterocycles. The van der Waals surface area contributed by atoms with Gasteiger partial charge in [0, 0.05) is 5.41 Å². The molecular formula is C16H28N2O2. The minimum Gasteiger partial charge on any atom is -0.389 e. The van der Waals surface area contributed by atoms with Crippen molar-refractivity contribution in [2.45, 2.75) is 77.7 Å². The van der Waals surface area contributed by atoms with Crippen LogP contribution < -0.4 is 0 Å². The largest absolute Gasteiger partial charge is 0.389 e. The molecule has 1 aliphatic rings. The molecule has 4 nitrogen and oxygen atoms in total. The summed E-state index contributed by atoms with van der Waals surface area (Å²) in [6, 6.07) is 0. The van der Waals surface area contributed by atoms with Crippen LogP contribution in [0.4, 0.5) is 0 Å². The van der Waals surface area contributed by atoms with Gasteiger partial charge in [-0.1, -0.05) is 46.2 Å². The van der Waals surface area contributed by atoms with Crippen molar-refractivity contribution in [3.05, 3.63) is 11.7 Å². The quantitative estimate of drug-likeness (QED) is 0.920. The van der Waals surface area contributed by atoms with E-state index in [1.807, 2.05) is 0 Å². The molecule has 20 heavy (non-hydrogen) atoms. The van der Waals surface area contributed by atoms with Crippen LogP contribution in [-0.2, 0) is 11.8 Å². The summed E-state index contributed by atoms with van der Waals surface area (Å²) in [5.74, 6) is 2.50. The molecule has 1 N–H and O–H groups in total. The third-order valence-corrected chi connectivity index (χ3v) is 4.42. The van der Waals surface area contributed by atoms with Crippen molar-refractivity contribution in [1.82, 2.24) is 10.1 Å². The second-order valence-corrected chi connectivity index (χ2v) is 7.76. The van der Waals surface area contributed by atoms with Crippen LogP contribution >= 0.6 is 0 Å². The normalized spacial score (nSPS) is 28.1. The molecule has 4 heteroatoms. The molecule has 0 unspecified atom stereocenters. The summed E-state index contributed by atoms with van der Waals surface area (Å²) in [7, 11) is 0. The highest BCUT2D eigenvalue weighted by Crippen LogP contribution is 2.38. The highest BCUT2D eigenvalue weighted by atomic mass is 16.5. The molecule has 1 aromatic heterocycles. The van der Waals surface area contributed by atoms with Crippen LogP contribution in [0, 0.1) is 11.8 Å². The Hall–Kier alpha value is -0.900. The summed E-state index contributed by atoms with van der Waals surface area (Å²) in [5, 5.41) is 14.9. The molecule has 0 amide bonds. The summed E-state index contributed by atoms with van der Waals surface area (Å²) < 4.78 is 5.33. The van der Waals surface area contributed by atoms with Gasteiger partial charge in [0.15, 0.2) is 5.82 Å². The molecule has 2 rings (SSSR count). The van der Waals surface area contributed by atoms with Crippen LogP contribution in [0.1, 0.15) is 72.0 Å². The molecule has 1 aromatic rings. The Morgan fingerprint density at radius 1 is 1.40 bits per heavy atom. The molecule has 0 aliphatic heterocycles. The molecule has 1 aliphatic carbocycles. The van der Waals surface area contributed by atoms with Gasteiger partial charge in [-0.05, 0) is 31.1 Å². The van der Waals surface area contributed by atoms with Gasteiger partial charge in [-0.15, -0.1) is 0 Å². The van der Waals surface area contributed by atoms with Gasteiger partial charge in [-0.25, -0.2) is 0 Å². The average molecular weight is 280 g/mol. The summed E-state index contributed by atoms with van der Waals surface area (Å²) in [6.07, 6.45) is 4.47. The van der Waals surface area contributed by atoms with E-state index in [0.29, 0.717) is 30.0 Å². The molecule has 2 atom stereocenters. The Balaban J connectivity index is 2.06. The van der Waals surface area contributed by atoms with Crippen molar-refractivity contribution in [2.75, 3.05) is 0 Å². The lowest BCUT2D eigenvalue weighted by Gasteiger charge is -2.37. The smallest absolute Gasteiger partial charge is 0.229 e. The van der Waals surface area contributed by atoms with E-state index in [2.05, 4.69) is 44.8 Å². The van der Waals surface area contributed by atoms with Crippen LogP contribution in [0.15, 0.2) is 4.52 Å². The van der Waals surface area contributed by atoms with E-state index in [4.69, 9.17) is 4.52 Å². The van der Waals surface area contributed by atoms with Gasteiger partial charge in [0.2, 0.25) is 5.89 Å². The second-order valence-electron chi connectivity index (χ2n) is 7.76. The minimum atomic E-state index is -0.672. The Morgan fingerprint density at radius 3 is 2.65 bits per heavy atom. The summed E-state index contributed by atoms with van der Waals surface area (Å²) >= 11 is 0. The van der Waals surface area contributed by atoms with Crippen LogP contribution in [0.3, 0.4) is 0 Å². The maximum atomic E-state index is 10.8. The predicted molar refractivity (Wildman–Crippen MR) is 78.4 cm³/mol. The van der Waals surface area contributed by atoms with Gasteiger partial charge in [0.1, 0.15) is 0 Å². The topological polar surface area (TPSA) is 59.2 Å². The molecule has 1 fully saturated rings. The van der Waals surface area contributed by atoms with E-state index in [1.54, 1.807) is 0 Å². The summed E-state index contributed by atoms with van der Waals surface area (Å²) in [6.45, 7) is 10.7. The highest BCUT2D eigenvalue weighted by Gasteiger charge is 2.37. The van der Waals surface area contributed by atoms with Gasteiger partial charge in [0.05, 0.1) is 12.0 Å². The van der Waals surface area contributed by atoms with Crippen LogP contribution in [-0.4, -0.2) is 20.8 Å². The third-order valence-electron chi connectivity index (χ3n) is 4.42. The van der Waals surface area contributed by atoms with E-state index in [1.165, 1.54) is 6.42 Å². The zero-order valence-electron chi connectivity index (χ0n) is 13.4. The van der Waals surface area contributed by atoms with Crippen molar-refractivity contribution >= 4 is 0 Å². The van der Waals surface area contributed by atoms with Gasteiger partial charge >= 0.3 is 0 Å². The minimum absolute atomic E-state index is 0.114. The number of nitrogens with zero attached hydrogens (tertiary/aromatic N) is 2. The highest BCUT2D eigenvalue weighted by molar-refractivity contribution is 5.02. The molecule has 0 spiro atoms. The van der Waals surface area contributed by atoms with Crippen molar-refractivity contribution in [3.63, 3.8) is 0 Å². The molecule has 1 saturated carbocycles. The molecule has 0 aromatic carbocycles. The Kier molecular flexibility index (Phi) is 4.24. The zero-order chi connectivity index (χ0) is 15.0. The Morgan fingerprint density at radius 2 is 2.10 bits per heavy atom. The summed E-state index contributed by atoms with van der Waals surface area (Å²) in [5.41, 5.74) is -0.785. The molecule has 0 bridgehead atoms. The van der Waals surface area contributed by atoms with Gasteiger partial charge in [-0.3, -0.25) is 0 Å². The third kappa shape index (κ3) is 3.60. The van der Waals surface area contributed by atoms with Crippen molar-refractivity contribution in [2.24, 2.45) is 11.8 Å². The van der Waals surface area contributed by atoms with E-state index >= 15 is 0 Å².